The lowest BCUT2D eigenvalue weighted by molar-refractivity contribution is -0.385. The number of hydrogen-bond acceptors (Lipinski definition) is 4. The molecule has 2 rings (SSSR count). The van der Waals surface area contributed by atoms with Gasteiger partial charge in [0, 0.05) is 29.0 Å². The summed E-state index contributed by atoms with van der Waals surface area (Å²) in [4.78, 5) is 33.1. The van der Waals surface area contributed by atoms with Crippen LogP contribution in [0.25, 0.3) is 0 Å². The number of nitrogens with one attached hydrogen (secondary N) is 1. The summed E-state index contributed by atoms with van der Waals surface area (Å²) in [6.07, 6.45) is 0.856. The van der Waals surface area contributed by atoms with Crippen LogP contribution in [0, 0.1) is 16.0 Å². The number of hydrogen-bond donors (Lipinski definition) is 1. The van der Waals surface area contributed by atoms with Crippen molar-refractivity contribution in [3.63, 3.8) is 0 Å². The van der Waals surface area contributed by atoms with Crippen LogP contribution in [0.5, 0.6) is 0 Å². The highest BCUT2D eigenvalue weighted by molar-refractivity contribution is 6.30. The molecule has 0 bridgehead atoms. The monoisotopic (exact) mass is 282 g/mol. The predicted octanol–water partition coefficient (Wildman–Crippen LogP) is 1.84. The van der Waals surface area contributed by atoms with E-state index in [4.69, 9.17) is 11.6 Å². The lowest BCUT2D eigenvalue weighted by Crippen LogP contribution is -2.41. The molecule has 1 N–H and O–H groups in total. The molecule has 1 saturated heterocycles. The Hall–Kier alpha value is -1.95. The molecular weight excluding hydrogens is 272 g/mol. The van der Waals surface area contributed by atoms with Crippen molar-refractivity contribution in [3.05, 3.63) is 38.9 Å². The fraction of sp³-hybridized carbons (Fsp3) is 0.333. The van der Waals surface area contributed by atoms with Gasteiger partial charge in [-0.15, -0.1) is 0 Å². The van der Waals surface area contributed by atoms with Crippen molar-refractivity contribution in [2.24, 2.45) is 5.92 Å². The maximum atomic E-state index is 11.6. The van der Waals surface area contributed by atoms with Crippen LogP contribution < -0.4 is 5.32 Å². The lowest BCUT2D eigenvalue weighted by Gasteiger charge is -2.20. The smallest absolute Gasteiger partial charge is 0.272 e. The summed E-state index contributed by atoms with van der Waals surface area (Å²) in [6.45, 7) is 0. The van der Waals surface area contributed by atoms with E-state index in [-0.39, 0.29) is 30.3 Å². The van der Waals surface area contributed by atoms with E-state index >= 15 is 0 Å². The van der Waals surface area contributed by atoms with E-state index in [1.54, 1.807) is 0 Å². The molecule has 1 unspecified atom stereocenters. The predicted molar refractivity (Wildman–Crippen MR) is 67.7 cm³/mol. The molecule has 1 fully saturated rings. The molecule has 7 heteroatoms. The van der Waals surface area contributed by atoms with Crippen LogP contribution in [0.4, 0.5) is 5.69 Å². The third kappa shape index (κ3) is 3.08. The third-order valence-electron chi connectivity index (χ3n) is 3.06. The van der Waals surface area contributed by atoms with Crippen molar-refractivity contribution in [2.45, 2.75) is 19.3 Å². The van der Waals surface area contributed by atoms with Crippen molar-refractivity contribution >= 4 is 29.1 Å². The first kappa shape index (κ1) is 13.5. The number of carbonyl (C=O) groups is 2. The van der Waals surface area contributed by atoms with Crippen molar-refractivity contribution in [1.29, 1.82) is 0 Å². The van der Waals surface area contributed by atoms with E-state index in [2.05, 4.69) is 5.32 Å². The molecule has 1 atom stereocenters. The number of nitro benzene ring substituents is 1. The van der Waals surface area contributed by atoms with Crippen LogP contribution in [0.1, 0.15) is 18.4 Å². The molecule has 0 aliphatic carbocycles. The third-order valence-corrected chi connectivity index (χ3v) is 3.29. The molecular formula is C12H11ClN2O4. The number of benzene rings is 1. The molecule has 1 aliphatic heterocycles. The molecule has 0 saturated carbocycles. The molecule has 100 valence electrons. The number of amides is 2. The Bertz CT molecular complexity index is 559. The second kappa shape index (κ2) is 5.36. The minimum atomic E-state index is -0.502. The first-order valence-corrected chi connectivity index (χ1v) is 6.11. The molecule has 0 spiro atoms. The fourth-order valence-electron chi connectivity index (χ4n) is 2.09. The SMILES string of the molecule is O=C1CCC(Cc2cc(Cl)ccc2[N+](=O)[O-])C(=O)N1. The van der Waals surface area contributed by atoms with Crippen LogP contribution in [0.2, 0.25) is 5.02 Å². The molecule has 6 nitrogen and oxygen atoms in total. The van der Waals surface area contributed by atoms with Gasteiger partial charge in [0.05, 0.1) is 4.92 Å². The van der Waals surface area contributed by atoms with Crippen molar-refractivity contribution < 1.29 is 14.5 Å². The number of nitrogens with zero attached hydrogens (tertiary/aromatic N) is 1. The van der Waals surface area contributed by atoms with Crippen molar-refractivity contribution in [2.75, 3.05) is 0 Å². The Labute approximate surface area is 113 Å². The van der Waals surface area contributed by atoms with E-state index in [1.165, 1.54) is 18.2 Å². The standard InChI is InChI=1S/C12H11ClN2O4/c13-9-2-3-10(15(18)19)8(6-9)5-7-1-4-11(16)14-12(7)17/h2-3,6-7H,1,4-5H2,(H,14,16,17). The Morgan fingerprint density at radius 3 is 2.79 bits per heavy atom. The summed E-state index contributed by atoms with van der Waals surface area (Å²) in [6, 6.07) is 4.25. The largest absolute Gasteiger partial charge is 0.296 e. The van der Waals surface area contributed by atoms with Gasteiger partial charge in [0.15, 0.2) is 0 Å². The normalized spacial score (nSPS) is 19.1. The molecule has 1 heterocycles. The maximum Gasteiger partial charge on any atom is 0.272 e. The van der Waals surface area contributed by atoms with Crippen LogP contribution in [-0.2, 0) is 16.0 Å². The summed E-state index contributed by atoms with van der Waals surface area (Å²) in [5.74, 6) is -1.12. The highest BCUT2D eigenvalue weighted by atomic mass is 35.5. The molecule has 1 aliphatic rings. The summed E-state index contributed by atoms with van der Waals surface area (Å²) in [5.41, 5.74) is 0.348. The summed E-state index contributed by atoms with van der Waals surface area (Å²) < 4.78 is 0. The van der Waals surface area contributed by atoms with E-state index in [0.717, 1.165) is 0 Å². The van der Waals surface area contributed by atoms with E-state index in [9.17, 15) is 19.7 Å². The molecule has 0 aromatic heterocycles. The second-order valence-corrected chi connectivity index (χ2v) is 4.82. The number of carbonyl (C=O) groups excluding carboxylic acids is 2. The maximum absolute atomic E-state index is 11.6. The van der Waals surface area contributed by atoms with Gasteiger partial charge in [-0.1, -0.05) is 11.6 Å². The zero-order valence-corrected chi connectivity index (χ0v) is 10.6. The minimum absolute atomic E-state index is 0.0610. The van der Waals surface area contributed by atoms with Gasteiger partial charge in [-0.2, -0.15) is 0 Å². The van der Waals surface area contributed by atoms with Crippen LogP contribution in [0.3, 0.4) is 0 Å². The Balaban J connectivity index is 2.23. The van der Waals surface area contributed by atoms with Gasteiger partial charge in [0.25, 0.3) is 5.69 Å². The zero-order chi connectivity index (χ0) is 14.0. The van der Waals surface area contributed by atoms with Gasteiger partial charge in [-0.05, 0) is 25.0 Å². The summed E-state index contributed by atoms with van der Waals surface area (Å²) in [5, 5.41) is 13.5. The van der Waals surface area contributed by atoms with Crippen LogP contribution in [-0.4, -0.2) is 16.7 Å². The van der Waals surface area contributed by atoms with Crippen LogP contribution in [0.15, 0.2) is 18.2 Å². The Kier molecular flexibility index (Phi) is 3.80. The molecule has 19 heavy (non-hydrogen) atoms. The van der Waals surface area contributed by atoms with Gasteiger partial charge in [0.2, 0.25) is 11.8 Å². The topological polar surface area (TPSA) is 89.3 Å². The number of halogens is 1. The van der Waals surface area contributed by atoms with E-state index in [0.29, 0.717) is 17.0 Å². The van der Waals surface area contributed by atoms with Gasteiger partial charge in [0.1, 0.15) is 0 Å². The number of imide groups is 1. The van der Waals surface area contributed by atoms with Crippen molar-refractivity contribution in [1.82, 2.24) is 5.32 Å². The first-order valence-electron chi connectivity index (χ1n) is 5.74. The Morgan fingerprint density at radius 2 is 2.16 bits per heavy atom. The highest BCUT2D eigenvalue weighted by Gasteiger charge is 2.28. The highest BCUT2D eigenvalue weighted by Crippen LogP contribution is 2.27. The first-order chi connectivity index (χ1) is 8.97. The number of piperidine rings is 1. The fourth-order valence-corrected chi connectivity index (χ4v) is 2.29. The number of rotatable bonds is 3. The van der Waals surface area contributed by atoms with Crippen molar-refractivity contribution in [3.8, 4) is 0 Å². The summed E-state index contributed by atoms with van der Waals surface area (Å²) in [7, 11) is 0. The number of nitro groups is 1. The second-order valence-electron chi connectivity index (χ2n) is 4.38. The Morgan fingerprint density at radius 1 is 1.42 bits per heavy atom. The van der Waals surface area contributed by atoms with Gasteiger partial charge < -0.3 is 0 Å². The average Bonchev–Trinajstić information content (AvgIpc) is 2.32. The summed E-state index contributed by atoms with van der Waals surface area (Å²) >= 11 is 5.82. The van der Waals surface area contributed by atoms with Gasteiger partial charge in [-0.3, -0.25) is 25.0 Å². The molecule has 2 amide bonds. The molecule has 1 aromatic carbocycles. The quantitative estimate of drug-likeness (QED) is 0.520. The van der Waals surface area contributed by atoms with E-state index < -0.39 is 10.8 Å². The van der Waals surface area contributed by atoms with Gasteiger partial charge >= 0.3 is 0 Å². The average molecular weight is 283 g/mol. The lowest BCUT2D eigenvalue weighted by atomic mass is 9.90. The zero-order valence-electron chi connectivity index (χ0n) is 9.89. The van der Waals surface area contributed by atoms with E-state index in [1.807, 2.05) is 0 Å². The minimum Gasteiger partial charge on any atom is -0.296 e. The molecule has 0 radical (unpaired) electrons. The molecule has 1 aromatic rings. The van der Waals surface area contributed by atoms with Gasteiger partial charge in [-0.25, -0.2) is 0 Å². The van der Waals surface area contributed by atoms with Crippen LogP contribution >= 0.6 is 11.6 Å².